The van der Waals surface area contributed by atoms with Crippen molar-refractivity contribution in [3.05, 3.63) is 34.1 Å². The van der Waals surface area contributed by atoms with Gasteiger partial charge in [-0.3, -0.25) is 0 Å². The van der Waals surface area contributed by atoms with Crippen molar-refractivity contribution in [3.8, 4) is 0 Å². The maximum atomic E-state index is 12.8. The van der Waals surface area contributed by atoms with Crippen LogP contribution in [0.5, 0.6) is 0 Å². The van der Waals surface area contributed by atoms with E-state index < -0.39 is 0 Å². The van der Waals surface area contributed by atoms with Gasteiger partial charge in [-0.1, -0.05) is 35.8 Å². The maximum absolute atomic E-state index is 12.8. The number of aliphatic hydroxyl groups is 1. The van der Waals surface area contributed by atoms with Crippen LogP contribution < -0.4 is 0 Å². The van der Waals surface area contributed by atoms with Crippen LogP contribution in [0.25, 0.3) is 0 Å². The number of rotatable bonds is 4. The van der Waals surface area contributed by atoms with Gasteiger partial charge in [-0.25, -0.2) is 4.39 Å². The molecule has 1 aromatic rings. The third-order valence-corrected chi connectivity index (χ3v) is 3.41. The van der Waals surface area contributed by atoms with Gasteiger partial charge in [0.2, 0.25) is 0 Å². The van der Waals surface area contributed by atoms with Crippen molar-refractivity contribution in [2.45, 2.75) is 20.3 Å². The van der Waals surface area contributed by atoms with Crippen LogP contribution in [0, 0.1) is 17.7 Å². The summed E-state index contributed by atoms with van der Waals surface area (Å²) in [6, 6.07) is 4.68. The average molecular weight is 275 g/mol. The standard InChI is InChI=1S/C12H16BrFO/c1-8(2)10(7-15)5-9-3-4-11(14)6-12(9)13/h3-4,6,8,10,15H,5,7H2,1-2H3. The first-order valence-corrected chi connectivity index (χ1v) is 5.88. The highest BCUT2D eigenvalue weighted by Gasteiger charge is 2.14. The molecule has 0 aromatic heterocycles. The third-order valence-electron chi connectivity index (χ3n) is 2.67. The molecule has 0 heterocycles. The van der Waals surface area contributed by atoms with Crippen LogP contribution in [-0.4, -0.2) is 11.7 Å². The second-order valence-electron chi connectivity index (χ2n) is 4.13. The van der Waals surface area contributed by atoms with E-state index in [4.69, 9.17) is 0 Å². The van der Waals surface area contributed by atoms with Gasteiger partial charge in [0.05, 0.1) is 0 Å². The normalized spacial score (nSPS) is 13.2. The van der Waals surface area contributed by atoms with Crippen LogP contribution in [-0.2, 0) is 6.42 Å². The van der Waals surface area contributed by atoms with E-state index in [0.29, 0.717) is 5.92 Å². The van der Waals surface area contributed by atoms with E-state index in [1.54, 1.807) is 6.07 Å². The molecule has 84 valence electrons. The minimum atomic E-state index is -0.240. The molecule has 0 spiro atoms. The Morgan fingerprint density at radius 2 is 2.07 bits per heavy atom. The van der Waals surface area contributed by atoms with E-state index >= 15 is 0 Å². The topological polar surface area (TPSA) is 20.2 Å². The van der Waals surface area contributed by atoms with Crippen molar-refractivity contribution in [1.82, 2.24) is 0 Å². The molecular weight excluding hydrogens is 259 g/mol. The lowest BCUT2D eigenvalue weighted by Gasteiger charge is -2.18. The van der Waals surface area contributed by atoms with Gasteiger partial charge in [-0.2, -0.15) is 0 Å². The molecule has 3 heteroatoms. The van der Waals surface area contributed by atoms with E-state index in [1.807, 2.05) is 0 Å². The number of halogens is 2. The molecule has 0 bridgehead atoms. The first-order valence-electron chi connectivity index (χ1n) is 5.09. The summed E-state index contributed by atoms with van der Waals surface area (Å²) in [6.45, 7) is 4.33. The molecule has 0 aliphatic heterocycles. The van der Waals surface area contributed by atoms with Gasteiger partial charge >= 0.3 is 0 Å². The Bertz CT molecular complexity index is 325. The summed E-state index contributed by atoms with van der Waals surface area (Å²) in [5.41, 5.74) is 1.05. The van der Waals surface area contributed by atoms with E-state index in [-0.39, 0.29) is 18.3 Å². The van der Waals surface area contributed by atoms with E-state index in [0.717, 1.165) is 16.5 Å². The van der Waals surface area contributed by atoms with Crippen LogP contribution in [0.2, 0.25) is 0 Å². The molecule has 0 saturated carbocycles. The van der Waals surface area contributed by atoms with Crippen LogP contribution in [0.15, 0.2) is 22.7 Å². The summed E-state index contributed by atoms with van der Waals surface area (Å²) in [5.74, 6) is 0.412. The molecule has 0 amide bonds. The van der Waals surface area contributed by atoms with Gasteiger partial charge in [-0.15, -0.1) is 0 Å². The predicted molar refractivity (Wildman–Crippen MR) is 63.2 cm³/mol. The monoisotopic (exact) mass is 274 g/mol. The van der Waals surface area contributed by atoms with Crippen molar-refractivity contribution < 1.29 is 9.50 Å². The zero-order chi connectivity index (χ0) is 11.4. The third kappa shape index (κ3) is 3.58. The fraction of sp³-hybridized carbons (Fsp3) is 0.500. The average Bonchev–Trinajstić information content (AvgIpc) is 2.16. The molecule has 0 fully saturated rings. The molecule has 0 aliphatic rings. The van der Waals surface area contributed by atoms with Gasteiger partial charge in [0, 0.05) is 11.1 Å². The molecular formula is C12H16BrFO. The SMILES string of the molecule is CC(C)C(CO)Cc1ccc(F)cc1Br. The number of hydrogen-bond donors (Lipinski definition) is 1. The smallest absolute Gasteiger partial charge is 0.124 e. The van der Waals surface area contributed by atoms with Crippen molar-refractivity contribution in [2.24, 2.45) is 11.8 Å². The van der Waals surface area contributed by atoms with Crippen molar-refractivity contribution >= 4 is 15.9 Å². The zero-order valence-electron chi connectivity index (χ0n) is 9.00. The minimum Gasteiger partial charge on any atom is -0.396 e. The number of hydrogen-bond acceptors (Lipinski definition) is 1. The fourth-order valence-electron chi connectivity index (χ4n) is 1.48. The van der Waals surface area contributed by atoms with Crippen LogP contribution >= 0.6 is 15.9 Å². The van der Waals surface area contributed by atoms with Crippen LogP contribution in [0.1, 0.15) is 19.4 Å². The summed E-state index contributed by atoms with van der Waals surface area (Å²) in [4.78, 5) is 0. The fourth-order valence-corrected chi connectivity index (χ4v) is 1.99. The first-order chi connectivity index (χ1) is 7.04. The molecule has 0 aliphatic carbocycles. The predicted octanol–water partition coefficient (Wildman–Crippen LogP) is 3.40. The Hall–Kier alpha value is -0.410. The highest BCUT2D eigenvalue weighted by Crippen LogP contribution is 2.23. The Balaban J connectivity index is 2.79. The van der Waals surface area contributed by atoms with E-state index in [2.05, 4.69) is 29.8 Å². The zero-order valence-corrected chi connectivity index (χ0v) is 10.6. The van der Waals surface area contributed by atoms with Gasteiger partial charge in [0.15, 0.2) is 0 Å². The maximum Gasteiger partial charge on any atom is 0.124 e. The molecule has 15 heavy (non-hydrogen) atoms. The highest BCUT2D eigenvalue weighted by atomic mass is 79.9. The molecule has 1 rings (SSSR count). The van der Waals surface area contributed by atoms with Gasteiger partial charge in [0.1, 0.15) is 5.82 Å². The Morgan fingerprint density at radius 1 is 1.40 bits per heavy atom. The lowest BCUT2D eigenvalue weighted by molar-refractivity contribution is 0.189. The molecule has 0 saturated heterocycles. The highest BCUT2D eigenvalue weighted by molar-refractivity contribution is 9.10. The van der Waals surface area contributed by atoms with Gasteiger partial charge in [-0.05, 0) is 36.0 Å². The van der Waals surface area contributed by atoms with Crippen molar-refractivity contribution in [1.29, 1.82) is 0 Å². The van der Waals surface area contributed by atoms with Gasteiger partial charge in [0.25, 0.3) is 0 Å². The largest absolute Gasteiger partial charge is 0.396 e. The van der Waals surface area contributed by atoms with E-state index in [9.17, 15) is 9.50 Å². The summed E-state index contributed by atoms with van der Waals surface area (Å²) < 4.78 is 13.6. The van der Waals surface area contributed by atoms with E-state index in [1.165, 1.54) is 12.1 Å². The Morgan fingerprint density at radius 3 is 2.53 bits per heavy atom. The summed E-state index contributed by atoms with van der Waals surface area (Å²) in [6.07, 6.45) is 0.773. The van der Waals surface area contributed by atoms with Crippen molar-refractivity contribution in [3.63, 3.8) is 0 Å². The molecule has 1 nitrogen and oxygen atoms in total. The van der Waals surface area contributed by atoms with Gasteiger partial charge < -0.3 is 5.11 Å². The number of benzene rings is 1. The lowest BCUT2D eigenvalue weighted by Crippen LogP contribution is -2.16. The first kappa shape index (κ1) is 12.7. The molecule has 1 N–H and O–H groups in total. The van der Waals surface area contributed by atoms with Crippen LogP contribution in [0.3, 0.4) is 0 Å². The van der Waals surface area contributed by atoms with Crippen LogP contribution in [0.4, 0.5) is 4.39 Å². The number of aliphatic hydroxyl groups excluding tert-OH is 1. The van der Waals surface area contributed by atoms with Crippen molar-refractivity contribution in [2.75, 3.05) is 6.61 Å². The second kappa shape index (κ2) is 5.61. The second-order valence-corrected chi connectivity index (χ2v) is 4.98. The minimum absolute atomic E-state index is 0.168. The molecule has 1 unspecified atom stereocenters. The summed E-state index contributed by atoms with van der Waals surface area (Å²) in [7, 11) is 0. The summed E-state index contributed by atoms with van der Waals surface area (Å²) in [5, 5.41) is 9.21. The Labute approximate surface area is 98.4 Å². The molecule has 0 radical (unpaired) electrons. The summed E-state index contributed by atoms with van der Waals surface area (Å²) >= 11 is 3.33. The molecule has 1 atom stereocenters. The molecule has 1 aromatic carbocycles. The lowest BCUT2D eigenvalue weighted by atomic mass is 9.90. The quantitative estimate of drug-likeness (QED) is 0.893. The Kier molecular flexibility index (Phi) is 4.74.